The Bertz CT molecular complexity index is 363. The van der Waals surface area contributed by atoms with Gasteiger partial charge in [-0.3, -0.25) is 0 Å². The lowest BCUT2D eigenvalue weighted by Gasteiger charge is -2.32. The number of carbonyl (C=O) groups excluding carboxylic acids is 1. The van der Waals surface area contributed by atoms with E-state index in [9.17, 15) is 4.79 Å². The van der Waals surface area contributed by atoms with Crippen LogP contribution in [0.4, 0.5) is 0 Å². The summed E-state index contributed by atoms with van der Waals surface area (Å²) in [4.78, 5) is 11.2. The summed E-state index contributed by atoms with van der Waals surface area (Å²) in [6.45, 7) is 4.90. The lowest BCUT2D eigenvalue weighted by molar-refractivity contribution is -0.113. The molecule has 2 saturated carbocycles. The zero-order valence-corrected chi connectivity index (χ0v) is 17.9. The minimum Gasteiger partial charge on any atom is -0.303 e. The predicted molar refractivity (Wildman–Crippen MR) is 113 cm³/mol. The van der Waals surface area contributed by atoms with Gasteiger partial charge in [0.1, 0.15) is 6.29 Å². The smallest absolute Gasteiger partial charge is 0.123 e. The average Bonchev–Trinajstić information content (AvgIpc) is 2.66. The first-order valence-electron chi connectivity index (χ1n) is 12.2. The summed E-state index contributed by atoms with van der Waals surface area (Å²) < 4.78 is 0. The number of hydrogen-bond donors (Lipinski definition) is 0. The predicted octanol–water partition coefficient (Wildman–Crippen LogP) is 7.97. The van der Waals surface area contributed by atoms with Crippen LogP contribution in [0.1, 0.15) is 123 Å². The Morgan fingerprint density at radius 1 is 0.692 bits per heavy atom. The maximum absolute atomic E-state index is 11.2. The molecule has 1 heteroatoms. The highest BCUT2D eigenvalue weighted by molar-refractivity contribution is 5.54. The Labute approximate surface area is 164 Å². The third-order valence-electron chi connectivity index (χ3n) is 7.79. The van der Waals surface area contributed by atoms with Gasteiger partial charge in [-0.05, 0) is 49.4 Å². The zero-order chi connectivity index (χ0) is 18.6. The maximum Gasteiger partial charge on any atom is 0.123 e. The molecule has 0 aliphatic heterocycles. The molecule has 0 N–H and O–H groups in total. The van der Waals surface area contributed by atoms with Crippen molar-refractivity contribution in [3.63, 3.8) is 0 Å². The molecule has 0 spiro atoms. The minimum absolute atomic E-state index is 0.388. The third-order valence-corrected chi connectivity index (χ3v) is 7.79. The highest BCUT2D eigenvalue weighted by Gasteiger charge is 2.24. The van der Waals surface area contributed by atoms with Crippen LogP contribution >= 0.6 is 0 Å². The van der Waals surface area contributed by atoms with Gasteiger partial charge in [0.2, 0.25) is 0 Å². The Hall–Kier alpha value is -0.330. The molecule has 2 rings (SSSR count). The molecule has 0 aromatic heterocycles. The van der Waals surface area contributed by atoms with Gasteiger partial charge in [-0.15, -0.1) is 0 Å². The van der Waals surface area contributed by atoms with Gasteiger partial charge < -0.3 is 4.79 Å². The number of hydrogen-bond acceptors (Lipinski definition) is 1. The van der Waals surface area contributed by atoms with Crippen LogP contribution in [0.15, 0.2) is 0 Å². The first-order valence-corrected chi connectivity index (χ1v) is 12.2. The summed E-state index contributed by atoms with van der Waals surface area (Å²) in [7, 11) is 0. The topological polar surface area (TPSA) is 17.1 Å². The number of carbonyl (C=O) groups is 1. The van der Waals surface area contributed by atoms with Crippen molar-refractivity contribution >= 4 is 6.29 Å². The fourth-order valence-corrected chi connectivity index (χ4v) is 5.60. The van der Waals surface area contributed by atoms with E-state index in [-0.39, 0.29) is 0 Å². The maximum atomic E-state index is 11.2. The fraction of sp³-hybridized carbons (Fsp3) is 0.960. The van der Waals surface area contributed by atoms with Crippen LogP contribution < -0.4 is 0 Å². The summed E-state index contributed by atoms with van der Waals surface area (Å²) in [6.07, 6.45) is 25.0. The normalized spacial score (nSPS) is 32.5. The Kier molecular flexibility index (Phi) is 10.9. The highest BCUT2D eigenvalue weighted by Crippen LogP contribution is 2.36. The van der Waals surface area contributed by atoms with Gasteiger partial charge in [0.05, 0.1) is 0 Å². The first kappa shape index (κ1) is 22.0. The Morgan fingerprint density at radius 3 is 1.96 bits per heavy atom. The van der Waals surface area contributed by atoms with E-state index in [1.807, 2.05) is 0 Å². The van der Waals surface area contributed by atoms with Gasteiger partial charge >= 0.3 is 0 Å². The van der Waals surface area contributed by atoms with E-state index < -0.39 is 0 Å². The third kappa shape index (κ3) is 8.13. The number of aldehydes is 1. The monoisotopic (exact) mass is 362 g/mol. The van der Waals surface area contributed by atoms with Crippen LogP contribution in [0, 0.1) is 29.6 Å². The van der Waals surface area contributed by atoms with Crippen LogP contribution in [0.5, 0.6) is 0 Å². The van der Waals surface area contributed by atoms with Crippen molar-refractivity contribution in [2.45, 2.75) is 123 Å². The molecular formula is C25H46O. The van der Waals surface area contributed by atoms with Crippen molar-refractivity contribution in [3.8, 4) is 0 Å². The molecule has 0 aromatic rings. The lowest BCUT2D eigenvalue weighted by atomic mass is 9.74. The molecule has 0 amide bonds. The van der Waals surface area contributed by atoms with Gasteiger partial charge in [-0.1, -0.05) is 97.3 Å². The molecule has 26 heavy (non-hydrogen) atoms. The number of unbranched alkanes of at least 4 members (excludes halogenated alkanes) is 7. The Morgan fingerprint density at radius 2 is 1.31 bits per heavy atom. The van der Waals surface area contributed by atoms with Gasteiger partial charge in [0.15, 0.2) is 0 Å². The van der Waals surface area contributed by atoms with Crippen molar-refractivity contribution in [3.05, 3.63) is 0 Å². The van der Waals surface area contributed by atoms with E-state index in [1.54, 1.807) is 0 Å². The van der Waals surface area contributed by atoms with Gasteiger partial charge in [0.25, 0.3) is 0 Å². The standard InChI is InChI=1S/C25H46O/c1-21-17-18-23(19-22(21)2)13-9-7-5-3-4-6-8-10-14-24-15-11-12-16-25(24)20-26/h20-25H,3-19H2,1-2H3. The quantitative estimate of drug-likeness (QED) is 0.254. The molecule has 1 nitrogen and oxygen atoms in total. The van der Waals surface area contributed by atoms with Gasteiger partial charge in [0, 0.05) is 5.92 Å². The zero-order valence-electron chi connectivity index (χ0n) is 17.9. The molecule has 0 radical (unpaired) electrons. The summed E-state index contributed by atoms with van der Waals surface area (Å²) in [5.74, 6) is 4.07. The molecule has 5 unspecified atom stereocenters. The summed E-state index contributed by atoms with van der Waals surface area (Å²) in [5, 5.41) is 0. The molecule has 2 fully saturated rings. The van der Waals surface area contributed by atoms with Crippen LogP contribution in [0.2, 0.25) is 0 Å². The molecule has 152 valence electrons. The van der Waals surface area contributed by atoms with E-state index in [1.165, 1.54) is 109 Å². The summed E-state index contributed by atoms with van der Waals surface area (Å²) >= 11 is 0. The second-order valence-corrected chi connectivity index (χ2v) is 9.88. The van der Waals surface area contributed by atoms with Crippen molar-refractivity contribution in [1.29, 1.82) is 0 Å². The molecule has 0 bridgehead atoms. The molecule has 0 aromatic carbocycles. The van der Waals surface area contributed by atoms with Crippen molar-refractivity contribution in [1.82, 2.24) is 0 Å². The van der Waals surface area contributed by atoms with E-state index in [2.05, 4.69) is 13.8 Å². The molecule has 2 aliphatic carbocycles. The van der Waals surface area contributed by atoms with Crippen molar-refractivity contribution < 1.29 is 4.79 Å². The van der Waals surface area contributed by atoms with Crippen molar-refractivity contribution in [2.24, 2.45) is 29.6 Å². The number of rotatable bonds is 12. The van der Waals surface area contributed by atoms with E-state index in [0.29, 0.717) is 11.8 Å². The molecular weight excluding hydrogens is 316 g/mol. The van der Waals surface area contributed by atoms with Crippen LogP contribution in [-0.4, -0.2) is 6.29 Å². The van der Waals surface area contributed by atoms with Gasteiger partial charge in [-0.2, -0.15) is 0 Å². The first-order chi connectivity index (χ1) is 12.7. The highest BCUT2D eigenvalue weighted by atomic mass is 16.1. The van der Waals surface area contributed by atoms with E-state index in [4.69, 9.17) is 0 Å². The van der Waals surface area contributed by atoms with Crippen LogP contribution in [0.3, 0.4) is 0 Å². The lowest BCUT2D eigenvalue weighted by Crippen LogP contribution is -2.20. The summed E-state index contributed by atoms with van der Waals surface area (Å²) in [6, 6.07) is 0. The Balaban J connectivity index is 1.36. The molecule has 0 heterocycles. The minimum atomic E-state index is 0.388. The van der Waals surface area contributed by atoms with Gasteiger partial charge in [-0.25, -0.2) is 0 Å². The van der Waals surface area contributed by atoms with Crippen molar-refractivity contribution in [2.75, 3.05) is 0 Å². The SMILES string of the molecule is CC1CCC(CCCCCCCCCCC2CCCCC2C=O)CC1C. The van der Waals surface area contributed by atoms with Crippen LogP contribution in [-0.2, 0) is 4.79 Å². The van der Waals surface area contributed by atoms with E-state index in [0.717, 1.165) is 24.2 Å². The summed E-state index contributed by atoms with van der Waals surface area (Å²) in [5.41, 5.74) is 0. The largest absolute Gasteiger partial charge is 0.303 e. The molecule has 5 atom stereocenters. The molecule has 0 saturated heterocycles. The molecule has 2 aliphatic rings. The second-order valence-electron chi connectivity index (χ2n) is 9.88. The van der Waals surface area contributed by atoms with E-state index >= 15 is 0 Å². The van der Waals surface area contributed by atoms with Crippen LogP contribution in [0.25, 0.3) is 0 Å². The fourth-order valence-electron chi connectivity index (χ4n) is 5.60. The average molecular weight is 363 g/mol. The second kappa shape index (κ2) is 12.9.